The molecule has 1 amide bonds. The fourth-order valence-corrected chi connectivity index (χ4v) is 4.44. The van der Waals surface area contributed by atoms with Crippen LogP contribution in [0.3, 0.4) is 0 Å². The van der Waals surface area contributed by atoms with Gasteiger partial charge >= 0.3 is 6.18 Å². The Kier molecular flexibility index (Phi) is 6.50. The van der Waals surface area contributed by atoms with Crippen LogP contribution >= 0.6 is 0 Å². The van der Waals surface area contributed by atoms with E-state index in [1.165, 1.54) is 12.1 Å². The second kappa shape index (κ2) is 9.32. The van der Waals surface area contributed by atoms with Gasteiger partial charge in [0.25, 0.3) is 5.91 Å². The van der Waals surface area contributed by atoms with Gasteiger partial charge in [0.05, 0.1) is 0 Å². The number of nitrogens with zero attached hydrogens (tertiary/aromatic N) is 1. The summed E-state index contributed by atoms with van der Waals surface area (Å²) in [4.78, 5) is 17.1. The number of aromatic nitrogens is 1. The lowest BCUT2D eigenvalue weighted by atomic mass is 9.89. The summed E-state index contributed by atoms with van der Waals surface area (Å²) in [7, 11) is 0. The Labute approximate surface area is 183 Å². The average Bonchev–Trinajstić information content (AvgIpc) is 3.20. The number of amides is 1. The van der Waals surface area contributed by atoms with Crippen LogP contribution in [0.15, 0.2) is 54.6 Å². The number of carbonyl (C=O) groups is 1. The monoisotopic (exact) mass is 447 g/mol. The van der Waals surface area contributed by atoms with Crippen molar-refractivity contribution in [2.45, 2.75) is 50.5 Å². The first kappa shape index (κ1) is 22.3. The second-order valence-corrected chi connectivity index (χ2v) is 8.35. The number of fused-ring (bicyclic) bond motifs is 1. The van der Waals surface area contributed by atoms with Crippen molar-refractivity contribution in [2.75, 3.05) is 6.54 Å². The van der Waals surface area contributed by atoms with Crippen LogP contribution in [0.5, 0.6) is 0 Å². The summed E-state index contributed by atoms with van der Waals surface area (Å²) in [6.45, 7) is -0.868. The summed E-state index contributed by atoms with van der Waals surface area (Å²) in [5.41, 5.74) is 1.64. The molecule has 4 rings (SSSR count). The van der Waals surface area contributed by atoms with Gasteiger partial charge in [-0.2, -0.15) is 13.2 Å². The summed E-state index contributed by atoms with van der Waals surface area (Å²) in [5, 5.41) is 4.10. The van der Waals surface area contributed by atoms with E-state index in [0.29, 0.717) is 31.3 Å². The lowest BCUT2D eigenvalue weighted by Gasteiger charge is -2.38. The zero-order valence-corrected chi connectivity index (χ0v) is 17.5. The van der Waals surface area contributed by atoms with E-state index in [4.69, 9.17) is 0 Å². The highest BCUT2D eigenvalue weighted by molar-refractivity contribution is 5.98. The third kappa shape index (κ3) is 5.48. The summed E-state index contributed by atoms with van der Waals surface area (Å²) in [6, 6.07) is 14.4. The number of alkyl halides is 3. The molecular weight excluding hydrogens is 422 g/mol. The average molecular weight is 447 g/mol. The van der Waals surface area contributed by atoms with Crippen LogP contribution in [0.4, 0.5) is 17.6 Å². The molecule has 4 nitrogen and oxygen atoms in total. The van der Waals surface area contributed by atoms with Crippen LogP contribution in [0.1, 0.15) is 41.7 Å². The number of nitrogens with one attached hydrogen (secondary N) is 2. The lowest BCUT2D eigenvalue weighted by Crippen LogP contribution is -2.50. The predicted molar refractivity (Wildman–Crippen MR) is 115 cm³/mol. The molecule has 8 heteroatoms. The van der Waals surface area contributed by atoms with Crippen LogP contribution in [-0.4, -0.2) is 40.6 Å². The molecule has 3 aromatic rings. The number of aromatic amines is 1. The van der Waals surface area contributed by atoms with Crippen molar-refractivity contribution in [1.29, 1.82) is 0 Å². The van der Waals surface area contributed by atoms with E-state index in [-0.39, 0.29) is 17.6 Å². The number of benzene rings is 2. The quantitative estimate of drug-likeness (QED) is 0.496. The van der Waals surface area contributed by atoms with E-state index in [2.05, 4.69) is 10.3 Å². The molecule has 1 aromatic heterocycles. The minimum atomic E-state index is -4.50. The minimum Gasteiger partial charge on any atom is -0.351 e. The van der Waals surface area contributed by atoms with E-state index in [1.54, 1.807) is 30.3 Å². The summed E-state index contributed by atoms with van der Waals surface area (Å²) >= 11 is 0. The van der Waals surface area contributed by atoms with Gasteiger partial charge in [-0.3, -0.25) is 4.79 Å². The second-order valence-electron chi connectivity index (χ2n) is 8.35. The lowest BCUT2D eigenvalue weighted by molar-refractivity contribution is -0.146. The third-order valence-corrected chi connectivity index (χ3v) is 5.94. The predicted octanol–water partition coefficient (Wildman–Crippen LogP) is 5.41. The van der Waals surface area contributed by atoms with Gasteiger partial charge in [-0.15, -0.1) is 0 Å². The zero-order valence-electron chi connectivity index (χ0n) is 17.5. The Morgan fingerprint density at radius 3 is 2.66 bits per heavy atom. The molecule has 1 aliphatic rings. The molecule has 0 unspecified atom stereocenters. The Hall–Kier alpha value is -2.87. The van der Waals surface area contributed by atoms with Gasteiger partial charge in [-0.25, -0.2) is 4.39 Å². The van der Waals surface area contributed by atoms with Gasteiger partial charge in [0.1, 0.15) is 18.1 Å². The SMILES string of the molecule is O=C(c1cc2ccccc2[nH]1)N(CC(F)(F)F)[C@H]1CCC[C@@H](NCc2cccc(F)c2)C1. The Balaban J connectivity index is 1.49. The Morgan fingerprint density at radius 1 is 1.09 bits per heavy atom. The molecule has 1 heterocycles. The molecule has 1 fully saturated rings. The maximum Gasteiger partial charge on any atom is 0.406 e. The first-order valence-corrected chi connectivity index (χ1v) is 10.7. The number of carbonyl (C=O) groups excluding carboxylic acids is 1. The van der Waals surface area contributed by atoms with Crippen LogP contribution in [-0.2, 0) is 6.54 Å². The number of hydrogen-bond donors (Lipinski definition) is 2. The Bertz CT molecular complexity index is 1050. The van der Waals surface area contributed by atoms with E-state index >= 15 is 0 Å². The maximum atomic E-state index is 13.4. The number of halogens is 4. The normalized spacial score (nSPS) is 19.2. The fraction of sp³-hybridized carbons (Fsp3) is 0.375. The molecule has 2 N–H and O–H groups in total. The molecular formula is C24H25F4N3O. The van der Waals surface area contributed by atoms with E-state index in [9.17, 15) is 22.4 Å². The maximum absolute atomic E-state index is 13.4. The summed E-state index contributed by atoms with van der Waals surface area (Å²) in [6.07, 6.45) is -2.06. The summed E-state index contributed by atoms with van der Waals surface area (Å²) < 4.78 is 53.6. The highest BCUT2D eigenvalue weighted by Crippen LogP contribution is 2.29. The van der Waals surface area contributed by atoms with Crippen LogP contribution in [0.2, 0.25) is 0 Å². The molecule has 170 valence electrons. The van der Waals surface area contributed by atoms with Gasteiger partial charge in [0.2, 0.25) is 0 Å². The third-order valence-electron chi connectivity index (χ3n) is 5.94. The van der Waals surface area contributed by atoms with Crippen LogP contribution in [0.25, 0.3) is 10.9 Å². The molecule has 1 aliphatic carbocycles. The van der Waals surface area contributed by atoms with E-state index < -0.39 is 24.7 Å². The topological polar surface area (TPSA) is 48.1 Å². The molecule has 0 saturated heterocycles. The largest absolute Gasteiger partial charge is 0.406 e. The van der Waals surface area contributed by atoms with Crippen molar-refractivity contribution >= 4 is 16.8 Å². The van der Waals surface area contributed by atoms with Crippen molar-refractivity contribution in [3.8, 4) is 0 Å². The van der Waals surface area contributed by atoms with Gasteiger partial charge in [-0.1, -0.05) is 30.3 Å². The van der Waals surface area contributed by atoms with Crippen LogP contribution in [0, 0.1) is 5.82 Å². The molecule has 2 aromatic carbocycles. The van der Waals surface area contributed by atoms with Crippen LogP contribution < -0.4 is 5.32 Å². The molecule has 32 heavy (non-hydrogen) atoms. The van der Waals surface area contributed by atoms with Gasteiger partial charge in [-0.05, 0) is 55.5 Å². The highest BCUT2D eigenvalue weighted by Gasteiger charge is 2.39. The molecule has 1 saturated carbocycles. The standard InChI is InChI=1S/C24H25F4N3O/c25-18-7-3-5-16(11-18)14-29-19-8-4-9-20(13-19)31(15-24(26,27)28)23(32)22-12-17-6-1-2-10-21(17)30-22/h1-3,5-7,10-12,19-20,29-30H,4,8-9,13-15H2/t19-,20+/m1/s1. The molecule has 0 aliphatic heterocycles. The Morgan fingerprint density at radius 2 is 1.91 bits per heavy atom. The van der Waals surface area contributed by atoms with Crippen molar-refractivity contribution in [1.82, 2.24) is 15.2 Å². The zero-order chi connectivity index (χ0) is 22.7. The number of rotatable bonds is 6. The highest BCUT2D eigenvalue weighted by atomic mass is 19.4. The van der Waals surface area contributed by atoms with Gasteiger partial charge in [0, 0.05) is 29.5 Å². The molecule has 2 atom stereocenters. The number of H-pyrrole nitrogens is 1. The van der Waals surface area contributed by atoms with Crippen molar-refractivity contribution in [3.63, 3.8) is 0 Å². The first-order chi connectivity index (χ1) is 15.3. The van der Waals surface area contributed by atoms with Gasteiger partial charge in [0.15, 0.2) is 0 Å². The smallest absolute Gasteiger partial charge is 0.351 e. The number of para-hydroxylation sites is 1. The fourth-order valence-electron chi connectivity index (χ4n) is 4.44. The minimum absolute atomic E-state index is 0.0525. The number of hydrogen-bond acceptors (Lipinski definition) is 2. The molecule has 0 spiro atoms. The van der Waals surface area contributed by atoms with Crippen molar-refractivity contribution in [3.05, 3.63) is 71.7 Å². The van der Waals surface area contributed by atoms with E-state index in [1.807, 2.05) is 12.1 Å². The van der Waals surface area contributed by atoms with Crippen molar-refractivity contribution < 1.29 is 22.4 Å². The van der Waals surface area contributed by atoms with E-state index in [0.717, 1.165) is 22.3 Å². The first-order valence-electron chi connectivity index (χ1n) is 10.7. The van der Waals surface area contributed by atoms with Crippen molar-refractivity contribution in [2.24, 2.45) is 0 Å². The molecule has 0 bridgehead atoms. The van der Waals surface area contributed by atoms with Gasteiger partial charge < -0.3 is 15.2 Å². The molecule has 0 radical (unpaired) electrons. The summed E-state index contributed by atoms with van der Waals surface area (Å²) in [5.74, 6) is -0.972.